The number of hydrogen-bond acceptors (Lipinski definition) is 3. The van der Waals surface area contributed by atoms with Crippen LogP contribution >= 0.6 is 11.8 Å². The Morgan fingerprint density at radius 3 is 2.62 bits per heavy atom. The summed E-state index contributed by atoms with van der Waals surface area (Å²) in [5, 5.41) is 0.873. The Balaban J connectivity index is 1.86. The third-order valence-electron chi connectivity index (χ3n) is 2.46. The average Bonchev–Trinajstić information content (AvgIpc) is 2.13. The summed E-state index contributed by atoms with van der Waals surface area (Å²) in [4.78, 5) is 8.33. The molecule has 1 heterocycles. The van der Waals surface area contributed by atoms with E-state index in [-0.39, 0.29) is 0 Å². The molecule has 1 radical (unpaired) electrons. The maximum Gasteiger partial charge on any atom is 0.187 e. The van der Waals surface area contributed by atoms with Crippen LogP contribution in [0.15, 0.2) is 23.6 Å². The van der Waals surface area contributed by atoms with Crippen molar-refractivity contribution in [3.05, 3.63) is 25.4 Å². The molecular formula is C10H13N2S. The van der Waals surface area contributed by atoms with Gasteiger partial charge in [-0.1, -0.05) is 18.2 Å². The van der Waals surface area contributed by atoms with Gasteiger partial charge in [-0.15, -0.1) is 0 Å². The molecule has 0 amide bonds. The SMILES string of the molecule is [CH2]C1(CSc2ncccn2)CCC1. The summed E-state index contributed by atoms with van der Waals surface area (Å²) in [6.07, 6.45) is 7.41. The molecular weight excluding hydrogens is 180 g/mol. The van der Waals surface area contributed by atoms with E-state index < -0.39 is 0 Å². The van der Waals surface area contributed by atoms with E-state index in [1.54, 1.807) is 24.2 Å². The molecule has 2 rings (SSSR count). The molecule has 3 heteroatoms. The minimum atomic E-state index is 0.309. The van der Waals surface area contributed by atoms with E-state index in [0.717, 1.165) is 10.9 Å². The number of nitrogens with zero attached hydrogens (tertiary/aromatic N) is 2. The van der Waals surface area contributed by atoms with Gasteiger partial charge in [0.05, 0.1) is 0 Å². The minimum absolute atomic E-state index is 0.309. The molecule has 0 aromatic carbocycles. The monoisotopic (exact) mass is 193 g/mol. The Kier molecular flexibility index (Phi) is 2.54. The van der Waals surface area contributed by atoms with E-state index in [0.29, 0.717) is 5.41 Å². The van der Waals surface area contributed by atoms with E-state index in [4.69, 9.17) is 0 Å². The third-order valence-corrected chi connectivity index (χ3v) is 3.69. The highest BCUT2D eigenvalue weighted by Crippen LogP contribution is 2.43. The van der Waals surface area contributed by atoms with Crippen molar-refractivity contribution in [2.45, 2.75) is 24.4 Å². The predicted octanol–water partition coefficient (Wildman–Crippen LogP) is 2.57. The van der Waals surface area contributed by atoms with Crippen molar-refractivity contribution in [3.8, 4) is 0 Å². The van der Waals surface area contributed by atoms with Gasteiger partial charge in [-0.05, 0) is 31.2 Å². The first-order chi connectivity index (χ1) is 6.29. The Labute approximate surface area is 83.2 Å². The number of rotatable bonds is 3. The lowest BCUT2D eigenvalue weighted by Crippen LogP contribution is -2.28. The lowest BCUT2D eigenvalue weighted by Gasteiger charge is -2.37. The van der Waals surface area contributed by atoms with Crippen molar-refractivity contribution in [2.75, 3.05) is 5.75 Å². The second kappa shape index (κ2) is 3.66. The summed E-state index contributed by atoms with van der Waals surface area (Å²) >= 11 is 1.72. The van der Waals surface area contributed by atoms with Crippen molar-refractivity contribution in [2.24, 2.45) is 5.41 Å². The standard InChI is InChI=1S/C10H13N2S/c1-10(4-2-5-10)8-13-9-11-6-3-7-12-9/h3,6-7H,1-2,4-5,8H2. The fourth-order valence-electron chi connectivity index (χ4n) is 1.40. The Hall–Kier alpha value is -0.570. The smallest absolute Gasteiger partial charge is 0.187 e. The van der Waals surface area contributed by atoms with Crippen LogP contribution in [0.4, 0.5) is 0 Å². The van der Waals surface area contributed by atoms with Gasteiger partial charge < -0.3 is 0 Å². The molecule has 0 aliphatic heterocycles. The molecule has 0 spiro atoms. The van der Waals surface area contributed by atoms with Crippen molar-refractivity contribution >= 4 is 11.8 Å². The summed E-state index contributed by atoms with van der Waals surface area (Å²) < 4.78 is 0. The predicted molar refractivity (Wildman–Crippen MR) is 54.4 cm³/mol. The highest BCUT2D eigenvalue weighted by molar-refractivity contribution is 7.99. The van der Waals surface area contributed by atoms with Gasteiger partial charge in [0.1, 0.15) is 0 Å². The molecule has 0 atom stereocenters. The number of thioether (sulfide) groups is 1. The van der Waals surface area contributed by atoms with Crippen LogP contribution in [0.2, 0.25) is 0 Å². The van der Waals surface area contributed by atoms with Gasteiger partial charge in [-0.2, -0.15) is 0 Å². The fraction of sp³-hybridized carbons (Fsp3) is 0.500. The van der Waals surface area contributed by atoms with Crippen molar-refractivity contribution in [1.82, 2.24) is 9.97 Å². The van der Waals surface area contributed by atoms with E-state index in [2.05, 4.69) is 16.9 Å². The van der Waals surface area contributed by atoms with Gasteiger partial charge >= 0.3 is 0 Å². The highest BCUT2D eigenvalue weighted by Gasteiger charge is 2.31. The molecule has 1 aliphatic rings. The van der Waals surface area contributed by atoms with Crippen LogP contribution in [-0.4, -0.2) is 15.7 Å². The van der Waals surface area contributed by atoms with Gasteiger partial charge in [-0.25, -0.2) is 9.97 Å². The van der Waals surface area contributed by atoms with Gasteiger partial charge in [0, 0.05) is 18.1 Å². The highest BCUT2D eigenvalue weighted by atomic mass is 32.2. The maximum absolute atomic E-state index is 4.21. The minimum Gasteiger partial charge on any atom is -0.231 e. The average molecular weight is 193 g/mol. The summed E-state index contributed by atoms with van der Waals surface area (Å²) in [6.45, 7) is 4.21. The summed E-state index contributed by atoms with van der Waals surface area (Å²) in [7, 11) is 0. The summed E-state index contributed by atoms with van der Waals surface area (Å²) in [5.74, 6) is 1.05. The van der Waals surface area contributed by atoms with Crippen molar-refractivity contribution < 1.29 is 0 Å². The van der Waals surface area contributed by atoms with Crippen molar-refractivity contribution in [3.63, 3.8) is 0 Å². The maximum atomic E-state index is 4.21. The molecule has 0 unspecified atom stereocenters. The fourth-order valence-corrected chi connectivity index (χ4v) is 2.39. The zero-order valence-electron chi connectivity index (χ0n) is 7.57. The summed E-state index contributed by atoms with van der Waals surface area (Å²) in [5.41, 5.74) is 0.309. The molecule has 1 saturated carbocycles. The second-order valence-electron chi connectivity index (χ2n) is 3.67. The molecule has 1 fully saturated rings. The Morgan fingerprint density at radius 2 is 2.08 bits per heavy atom. The quantitative estimate of drug-likeness (QED) is 0.545. The van der Waals surface area contributed by atoms with Gasteiger partial charge in [0.25, 0.3) is 0 Å². The first-order valence-corrected chi connectivity index (χ1v) is 5.52. The van der Waals surface area contributed by atoms with E-state index in [1.807, 2.05) is 6.07 Å². The zero-order valence-corrected chi connectivity index (χ0v) is 8.39. The first kappa shape index (κ1) is 9.00. The van der Waals surface area contributed by atoms with Gasteiger partial charge in [0.2, 0.25) is 0 Å². The molecule has 0 N–H and O–H groups in total. The van der Waals surface area contributed by atoms with Crippen LogP contribution in [0.25, 0.3) is 0 Å². The van der Waals surface area contributed by atoms with E-state index in [9.17, 15) is 0 Å². The lowest BCUT2D eigenvalue weighted by atomic mass is 9.72. The molecule has 0 bridgehead atoms. The Morgan fingerprint density at radius 1 is 1.38 bits per heavy atom. The molecule has 1 aliphatic carbocycles. The van der Waals surface area contributed by atoms with Crippen LogP contribution in [0.1, 0.15) is 19.3 Å². The van der Waals surface area contributed by atoms with E-state index in [1.165, 1.54) is 19.3 Å². The van der Waals surface area contributed by atoms with Crippen LogP contribution in [0, 0.1) is 12.3 Å². The molecule has 69 valence electrons. The Bertz CT molecular complexity index is 270. The summed E-state index contributed by atoms with van der Waals surface area (Å²) in [6, 6.07) is 1.84. The largest absolute Gasteiger partial charge is 0.231 e. The second-order valence-corrected chi connectivity index (χ2v) is 4.62. The van der Waals surface area contributed by atoms with Crippen molar-refractivity contribution in [1.29, 1.82) is 0 Å². The topological polar surface area (TPSA) is 25.8 Å². The lowest BCUT2D eigenvalue weighted by molar-refractivity contribution is 0.237. The number of hydrogen-bond donors (Lipinski definition) is 0. The first-order valence-electron chi connectivity index (χ1n) is 4.54. The number of aromatic nitrogens is 2. The normalized spacial score (nSPS) is 19.5. The van der Waals surface area contributed by atoms with Gasteiger partial charge in [-0.3, -0.25) is 0 Å². The third kappa shape index (κ3) is 2.21. The molecule has 13 heavy (non-hydrogen) atoms. The van der Waals surface area contributed by atoms with Crippen LogP contribution in [0.3, 0.4) is 0 Å². The molecule has 2 nitrogen and oxygen atoms in total. The van der Waals surface area contributed by atoms with Gasteiger partial charge in [0.15, 0.2) is 5.16 Å². The zero-order chi connectivity index (χ0) is 9.15. The molecule has 0 saturated heterocycles. The van der Waals surface area contributed by atoms with Crippen LogP contribution in [0.5, 0.6) is 0 Å². The molecule has 1 aromatic rings. The molecule has 1 aromatic heterocycles. The van der Waals surface area contributed by atoms with Crippen LogP contribution in [-0.2, 0) is 0 Å². The van der Waals surface area contributed by atoms with Crippen LogP contribution < -0.4 is 0 Å². The van der Waals surface area contributed by atoms with E-state index >= 15 is 0 Å².